The molecule has 0 spiro atoms. The fourth-order valence-corrected chi connectivity index (χ4v) is 3.15. The van der Waals surface area contributed by atoms with Crippen molar-refractivity contribution in [2.24, 2.45) is 5.92 Å². The van der Waals surface area contributed by atoms with Gasteiger partial charge in [0.25, 0.3) is 5.91 Å². The zero-order valence-electron chi connectivity index (χ0n) is 18.7. The summed E-state index contributed by atoms with van der Waals surface area (Å²) in [5, 5.41) is 7.51. The van der Waals surface area contributed by atoms with Gasteiger partial charge in [0.1, 0.15) is 0 Å². The molecule has 0 bridgehead atoms. The maximum Gasteiger partial charge on any atom is 0.358 e. The first-order chi connectivity index (χ1) is 14.8. The summed E-state index contributed by atoms with van der Waals surface area (Å²) in [5.74, 6) is -0.223. The van der Waals surface area contributed by atoms with Crippen LogP contribution in [0.15, 0.2) is 54.6 Å². The minimum absolute atomic E-state index is 0.0816. The summed E-state index contributed by atoms with van der Waals surface area (Å²) in [7, 11) is 0. The zero-order valence-corrected chi connectivity index (χ0v) is 18.7. The van der Waals surface area contributed by atoms with Crippen LogP contribution in [0.4, 0.5) is 0 Å². The van der Waals surface area contributed by atoms with Crippen LogP contribution in [0.2, 0.25) is 0 Å². The van der Waals surface area contributed by atoms with E-state index in [-0.39, 0.29) is 24.2 Å². The van der Waals surface area contributed by atoms with Crippen molar-refractivity contribution in [2.45, 2.75) is 40.7 Å². The van der Waals surface area contributed by atoms with Crippen LogP contribution >= 0.6 is 0 Å². The Balaban J connectivity index is 1.98. The van der Waals surface area contributed by atoms with Gasteiger partial charge in [0, 0.05) is 17.2 Å². The van der Waals surface area contributed by atoms with Crippen LogP contribution < -0.4 is 5.32 Å². The molecule has 162 valence electrons. The van der Waals surface area contributed by atoms with Crippen molar-refractivity contribution >= 4 is 11.9 Å². The molecule has 0 aliphatic carbocycles. The van der Waals surface area contributed by atoms with Gasteiger partial charge >= 0.3 is 5.97 Å². The molecule has 1 N–H and O–H groups in total. The Bertz CT molecular complexity index is 1070. The summed E-state index contributed by atoms with van der Waals surface area (Å²) in [6, 6.07) is 17.0. The van der Waals surface area contributed by atoms with Gasteiger partial charge in [0.15, 0.2) is 5.69 Å². The molecule has 1 atom stereocenters. The number of nitrogens with one attached hydrogen (secondary N) is 1. The number of nitrogens with zero attached hydrogens (tertiary/aromatic N) is 2. The fourth-order valence-electron chi connectivity index (χ4n) is 3.15. The maximum atomic E-state index is 12.5. The number of carbonyl (C=O) groups excluding carboxylic acids is 2. The van der Waals surface area contributed by atoms with Crippen molar-refractivity contribution in [3.8, 4) is 16.9 Å². The molecular weight excluding hydrogens is 390 g/mol. The first-order valence-corrected chi connectivity index (χ1v) is 10.6. The molecule has 0 radical (unpaired) electrons. The van der Waals surface area contributed by atoms with Gasteiger partial charge in [-0.3, -0.25) is 4.79 Å². The topological polar surface area (TPSA) is 73.2 Å². The third kappa shape index (κ3) is 5.02. The number of amides is 1. The average Bonchev–Trinajstić information content (AvgIpc) is 3.19. The van der Waals surface area contributed by atoms with Gasteiger partial charge in [-0.15, -0.1) is 0 Å². The second-order valence-corrected chi connectivity index (χ2v) is 7.92. The average molecular weight is 420 g/mol. The van der Waals surface area contributed by atoms with Crippen LogP contribution in [0.1, 0.15) is 54.1 Å². The molecule has 1 unspecified atom stereocenters. The zero-order chi connectivity index (χ0) is 22.5. The Labute approximate surface area is 183 Å². The Hall–Kier alpha value is -3.41. The molecule has 3 rings (SSSR count). The predicted octanol–water partition coefficient (Wildman–Crippen LogP) is 4.80. The minimum Gasteiger partial charge on any atom is -0.461 e. The SMILES string of the molecule is CCOC(=O)c1cc(-c2ccccc2C)n(-c2ccc(C(=O)NC(C)C(C)C)cc2)n1. The first kappa shape index (κ1) is 22.3. The lowest BCUT2D eigenvalue weighted by molar-refractivity contribution is 0.0518. The van der Waals surface area contributed by atoms with Gasteiger partial charge in [-0.25, -0.2) is 9.48 Å². The monoisotopic (exact) mass is 419 g/mol. The second kappa shape index (κ2) is 9.60. The third-order valence-corrected chi connectivity index (χ3v) is 5.35. The van der Waals surface area contributed by atoms with E-state index >= 15 is 0 Å². The van der Waals surface area contributed by atoms with E-state index in [0.717, 1.165) is 22.5 Å². The van der Waals surface area contributed by atoms with Gasteiger partial charge in [-0.1, -0.05) is 38.1 Å². The van der Waals surface area contributed by atoms with Gasteiger partial charge in [-0.2, -0.15) is 5.10 Å². The van der Waals surface area contributed by atoms with Gasteiger partial charge in [0.05, 0.1) is 18.0 Å². The molecule has 0 aliphatic rings. The molecule has 0 saturated heterocycles. The van der Waals surface area contributed by atoms with Crippen molar-refractivity contribution in [3.05, 3.63) is 71.4 Å². The molecule has 1 aromatic heterocycles. The molecule has 31 heavy (non-hydrogen) atoms. The lowest BCUT2D eigenvalue weighted by atomic mass is 10.0. The first-order valence-electron chi connectivity index (χ1n) is 10.6. The van der Waals surface area contributed by atoms with Gasteiger partial charge < -0.3 is 10.1 Å². The Morgan fingerprint density at radius 1 is 1.06 bits per heavy atom. The maximum absolute atomic E-state index is 12.5. The van der Waals surface area contributed by atoms with E-state index < -0.39 is 5.97 Å². The summed E-state index contributed by atoms with van der Waals surface area (Å²) in [6.07, 6.45) is 0. The van der Waals surface area contributed by atoms with E-state index in [2.05, 4.69) is 24.3 Å². The number of aromatic nitrogens is 2. The van der Waals surface area contributed by atoms with Crippen molar-refractivity contribution in [3.63, 3.8) is 0 Å². The van der Waals surface area contributed by atoms with Crippen molar-refractivity contribution in [1.82, 2.24) is 15.1 Å². The predicted molar refractivity (Wildman–Crippen MR) is 121 cm³/mol. The number of aryl methyl sites for hydroxylation is 1. The number of esters is 1. The van der Waals surface area contributed by atoms with E-state index in [0.29, 0.717) is 11.5 Å². The molecule has 0 saturated carbocycles. The van der Waals surface area contributed by atoms with E-state index in [4.69, 9.17) is 4.74 Å². The van der Waals surface area contributed by atoms with Crippen LogP contribution in [0.25, 0.3) is 16.9 Å². The Kier molecular flexibility index (Phi) is 6.90. The highest BCUT2D eigenvalue weighted by molar-refractivity contribution is 5.94. The number of hydrogen-bond donors (Lipinski definition) is 1. The summed E-state index contributed by atoms with van der Waals surface area (Å²) in [4.78, 5) is 24.8. The van der Waals surface area contributed by atoms with Crippen LogP contribution in [0, 0.1) is 12.8 Å². The highest BCUT2D eigenvalue weighted by atomic mass is 16.5. The highest BCUT2D eigenvalue weighted by Gasteiger charge is 2.19. The molecule has 0 aliphatic heterocycles. The summed E-state index contributed by atoms with van der Waals surface area (Å²) >= 11 is 0. The Morgan fingerprint density at radius 2 is 1.74 bits per heavy atom. The quantitative estimate of drug-likeness (QED) is 0.559. The van der Waals surface area contributed by atoms with Crippen LogP contribution in [-0.2, 0) is 4.74 Å². The fraction of sp³-hybridized carbons (Fsp3) is 0.320. The van der Waals surface area contributed by atoms with Crippen LogP contribution in [0.3, 0.4) is 0 Å². The number of rotatable bonds is 7. The van der Waals surface area contributed by atoms with E-state index in [1.165, 1.54) is 0 Å². The molecule has 1 amide bonds. The smallest absolute Gasteiger partial charge is 0.358 e. The van der Waals surface area contributed by atoms with E-state index in [1.54, 1.807) is 29.8 Å². The van der Waals surface area contributed by atoms with Gasteiger partial charge in [0.2, 0.25) is 0 Å². The normalized spacial score (nSPS) is 11.9. The largest absolute Gasteiger partial charge is 0.461 e. The van der Waals surface area contributed by atoms with Crippen molar-refractivity contribution in [1.29, 1.82) is 0 Å². The summed E-state index contributed by atoms with van der Waals surface area (Å²) < 4.78 is 6.85. The van der Waals surface area contributed by atoms with Crippen LogP contribution in [-0.4, -0.2) is 34.3 Å². The van der Waals surface area contributed by atoms with Gasteiger partial charge in [-0.05, 0) is 62.6 Å². The molecule has 0 fully saturated rings. The molecule has 1 heterocycles. The molecule has 6 heteroatoms. The summed E-state index contributed by atoms with van der Waals surface area (Å²) in [5.41, 5.74) is 4.39. The summed E-state index contributed by atoms with van der Waals surface area (Å²) in [6.45, 7) is 10.2. The lowest BCUT2D eigenvalue weighted by Crippen LogP contribution is -2.36. The molecule has 6 nitrogen and oxygen atoms in total. The van der Waals surface area contributed by atoms with Crippen LogP contribution in [0.5, 0.6) is 0 Å². The number of ether oxygens (including phenoxy) is 1. The van der Waals surface area contributed by atoms with E-state index in [1.807, 2.05) is 50.2 Å². The number of carbonyl (C=O) groups is 2. The third-order valence-electron chi connectivity index (χ3n) is 5.35. The minimum atomic E-state index is -0.463. The standard InChI is InChI=1S/C25H29N3O3/c1-6-31-25(30)22-15-23(21-10-8-7-9-17(21)4)28(27-22)20-13-11-19(12-14-20)24(29)26-18(5)16(2)3/h7-16,18H,6H2,1-5H3,(H,26,29). The molecule has 2 aromatic carbocycles. The Morgan fingerprint density at radius 3 is 2.35 bits per heavy atom. The van der Waals surface area contributed by atoms with Crippen molar-refractivity contribution in [2.75, 3.05) is 6.61 Å². The molecule has 3 aromatic rings. The molecular formula is C25H29N3O3. The lowest BCUT2D eigenvalue weighted by Gasteiger charge is -2.17. The highest BCUT2D eigenvalue weighted by Crippen LogP contribution is 2.27. The number of hydrogen-bond acceptors (Lipinski definition) is 4. The van der Waals surface area contributed by atoms with Crippen molar-refractivity contribution < 1.29 is 14.3 Å². The second-order valence-electron chi connectivity index (χ2n) is 7.92. The van der Waals surface area contributed by atoms with E-state index in [9.17, 15) is 9.59 Å². The number of benzene rings is 2.